The van der Waals surface area contributed by atoms with Crippen LogP contribution in [0.1, 0.15) is 11.1 Å². The third-order valence-electron chi connectivity index (χ3n) is 4.65. The number of aryl methyl sites for hydroxylation is 1. The van der Waals surface area contributed by atoms with E-state index in [2.05, 4.69) is 44.5 Å². The molecule has 0 unspecified atom stereocenters. The summed E-state index contributed by atoms with van der Waals surface area (Å²) in [6, 6.07) is 9.83. The molecule has 29 heavy (non-hydrogen) atoms. The molecule has 4 rings (SSSR count). The van der Waals surface area contributed by atoms with Gasteiger partial charge in [0.15, 0.2) is 17.3 Å². The zero-order chi connectivity index (χ0) is 20.4. The topological polar surface area (TPSA) is 93.7 Å². The summed E-state index contributed by atoms with van der Waals surface area (Å²) >= 11 is 0. The first-order valence-corrected chi connectivity index (χ1v) is 8.97. The molecule has 0 radical (unpaired) electrons. The highest BCUT2D eigenvalue weighted by Crippen LogP contribution is 2.39. The molecule has 0 aliphatic carbocycles. The van der Waals surface area contributed by atoms with Crippen molar-refractivity contribution in [3.63, 3.8) is 0 Å². The van der Waals surface area contributed by atoms with Crippen LogP contribution < -0.4 is 19.6 Å². The third kappa shape index (κ3) is 3.29. The third-order valence-corrected chi connectivity index (χ3v) is 4.65. The Morgan fingerprint density at radius 3 is 2.59 bits per heavy atom. The van der Waals surface area contributed by atoms with E-state index < -0.39 is 0 Å². The van der Waals surface area contributed by atoms with Crippen LogP contribution in [0.4, 0.5) is 5.82 Å². The summed E-state index contributed by atoms with van der Waals surface area (Å²) in [6.45, 7) is 2.05. The number of nitrogens with zero attached hydrogens (tertiary/aromatic N) is 3. The first-order chi connectivity index (χ1) is 14.2. The van der Waals surface area contributed by atoms with Crippen molar-refractivity contribution >= 4 is 34.0 Å². The number of anilines is 1. The van der Waals surface area contributed by atoms with Gasteiger partial charge in [0, 0.05) is 16.5 Å². The van der Waals surface area contributed by atoms with E-state index in [1.807, 2.05) is 12.1 Å². The number of rotatable bonds is 6. The number of aromatic amines is 1. The van der Waals surface area contributed by atoms with Crippen LogP contribution in [0, 0.1) is 6.92 Å². The first-order valence-electron chi connectivity index (χ1n) is 8.97. The van der Waals surface area contributed by atoms with Crippen LogP contribution >= 0.6 is 0 Å². The van der Waals surface area contributed by atoms with Gasteiger partial charge in [-0.2, -0.15) is 5.10 Å². The molecule has 8 heteroatoms. The molecule has 4 aromatic rings. The average molecular weight is 391 g/mol. The molecular formula is C21H21N5O3. The van der Waals surface area contributed by atoms with Crippen LogP contribution in [0.5, 0.6) is 17.2 Å². The van der Waals surface area contributed by atoms with Crippen LogP contribution in [-0.4, -0.2) is 42.5 Å². The van der Waals surface area contributed by atoms with Crippen molar-refractivity contribution in [1.82, 2.24) is 15.0 Å². The SMILES string of the molecule is COc1ccc(C=NNc2ncnc3c2[nH]c2ccc(C)cc23)c(OC)c1OC. The fourth-order valence-corrected chi connectivity index (χ4v) is 3.28. The largest absolute Gasteiger partial charge is 0.493 e. The predicted molar refractivity (Wildman–Crippen MR) is 113 cm³/mol. The molecule has 2 aromatic carbocycles. The van der Waals surface area contributed by atoms with E-state index in [0.717, 1.165) is 27.5 Å². The highest BCUT2D eigenvalue weighted by molar-refractivity contribution is 6.08. The first kappa shape index (κ1) is 18.5. The van der Waals surface area contributed by atoms with Crippen LogP contribution in [0.3, 0.4) is 0 Å². The van der Waals surface area contributed by atoms with E-state index in [1.165, 1.54) is 11.9 Å². The van der Waals surface area contributed by atoms with Crippen molar-refractivity contribution in [2.45, 2.75) is 6.92 Å². The molecule has 0 bridgehead atoms. The smallest absolute Gasteiger partial charge is 0.203 e. The Bertz CT molecular complexity index is 1220. The summed E-state index contributed by atoms with van der Waals surface area (Å²) in [5.41, 5.74) is 7.53. The molecule has 2 aromatic heterocycles. The molecule has 0 saturated heterocycles. The van der Waals surface area contributed by atoms with Crippen molar-refractivity contribution in [2.75, 3.05) is 26.8 Å². The summed E-state index contributed by atoms with van der Waals surface area (Å²) in [5, 5.41) is 5.38. The molecule has 0 atom stereocenters. The van der Waals surface area contributed by atoms with Crippen LogP contribution in [0.2, 0.25) is 0 Å². The molecule has 0 spiro atoms. The Kier molecular flexibility index (Phi) is 4.90. The number of aromatic nitrogens is 3. The number of methoxy groups -OCH3 is 3. The van der Waals surface area contributed by atoms with Gasteiger partial charge in [-0.3, -0.25) is 5.43 Å². The number of hydrazone groups is 1. The molecule has 8 nitrogen and oxygen atoms in total. The van der Waals surface area contributed by atoms with Gasteiger partial charge in [-0.25, -0.2) is 9.97 Å². The van der Waals surface area contributed by atoms with Gasteiger partial charge in [0.1, 0.15) is 17.4 Å². The van der Waals surface area contributed by atoms with Crippen molar-refractivity contribution in [1.29, 1.82) is 0 Å². The monoisotopic (exact) mass is 391 g/mol. The highest BCUT2D eigenvalue weighted by Gasteiger charge is 2.15. The van der Waals surface area contributed by atoms with Gasteiger partial charge in [0.05, 0.1) is 27.5 Å². The fourth-order valence-electron chi connectivity index (χ4n) is 3.28. The standard InChI is InChI=1S/C21H21N5O3/c1-12-5-7-15-14(9-12)17-18(25-15)21(23-11-22-17)26-24-10-13-6-8-16(27-2)20(29-4)19(13)28-3/h5-11,25H,1-4H3,(H,22,23,26). The van der Waals surface area contributed by atoms with E-state index in [-0.39, 0.29) is 0 Å². The number of ether oxygens (including phenoxy) is 3. The zero-order valence-corrected chi connectivity index (χ0v) is 16.6. The molecule has 0 amide bonds. The van der Waals surface area contributed by atoms with Gasteiger partial charge in [-0.05, 0) is 31.2 Å². The van der Waals surface area contributed by atoms with Gasteiger partial charge >= 0.3 is 0 Å². The van der Waals surface area contributed by atoms with E-state index in [9.17, 15) is 0 Å². The lowest BCUT2D eigenvalue weighted by Crippen LogP contribution is -2.00. The van der Waals surface area contributed by atoms with E-state index in [1.54, 1.807) is 33.6 Å². The van der Waals surface area contributed by atoms with Gasteiger partial charge in [0.2, 0.25) is 5.75 Å². The number of H-pyrrole nitrogens is 1. The molecule has 0 aliphatic heterocycles. The van der Waals surface area contributed by atoms with Crippen molar-refractivity contribution in [3.8, 4) is 17.2 Å². The van der Waals surface area contributed by atoms with Gasteiger partial charge < -0.3 is 19.2 Å². The number of hydrogen-bond acceptors (Lipinski definition) is 7. The zero-order valence-electron chi connectivity index (χ0n) is 16.6. The minimum Gasteiger partial charge on any atom is -0.493 e. The van der Waals surface area contributed by atoms with Crippen molar-refractivity contribution < 1.29 is 14.2 Å². The molecule has 148 valence electrons. The predicted octanol–water partition coefficient (Wildman–Crippen LogP) is 3.89. The number of hydrogen-bond donors (Lipinski definition) is 2. The van der Waals surface area contributed by atoms with Crippen LogP contribution in [0.15, 0.2) is 41.8 Å². The van der Waals surface area contributed by atoms with Crippen LogP contribution in [-0.2, 0) is 0 Å². The Labute approximate surface area is 167 Å². The number of benzene rings is 2. The van der Waals surface area contributed by atoms with Gasteiger partial charge in [0.25, 0.3) is 0 Å². The average Bonchev–Trinajstić information content (AvgIpc) is 3.11. The lowest BCUT2D eigenvalue weighted by molar-refractivity contribution is 0.324. The molecule has 2 heterocycles. The normalized spacial score (nSPS) is 11.3. The lowest BCUT2D eigenvalue weighted by atomic mass is 10.2. The summed E-state index contributed by atoms with van der Waals surface area (Å²) < 4.78 is 16.2. The maximum Gasteiger partial charge on any atom is 0.203 e. The Hall–Kier alpha value is -3.81. The highest BCUT2D eigenvalue weighted by atomic mass is 16.5. The van der Waals surface area contributed by atoms with E-state index in [4.69, 9.17) is 14.2 Å². The van der Waals surface area contributed by atoms with Gasteiger partial charge in [-0.15, -0.1) is 0 Å². The maximum atomic E-state index is 5.48. The Morgan fingerprint density at radius 2 is 1.83 bits per heavy atom. The summed E-state index contributed by atoms with van der Waals surface area (Å²) in [4.78, 5) is 12.1. The lowest BCUT2D eigenvalue weighted by Gasteiger charge is -2.13. The molecule has 0 aliphatic rings. The Morgan fingerprint density at radius 1 is 1.00 bits per heavy atom. The quantitative estimate of drug-likeness (QED) is 0.383. The summed E-state index contributed by atoms with van der Waals surface area (Å²) in [7, 11) is 4.71. The van der Waals surface area contributed by atoms with Crippen molar-refractivity contribution in [3.05, 3.63) is 47.8 Å². The molecule has 0 fully saturated rings. The fraction of sp³-hybridized carbons (Fsp3) is 0.190. The Balaban J connectivity index is 1.68. The van der Waals surface area contributed by atoms with E-state index >= 15 is 0 Å². The van der Waals surface area contributed by atoms with Gasteiger partial charge in [-0.1, -0.05) is 11.6 Å². The second-order valence-corrected chi connectivity index (χ2v) is 6.41. The minimum absolute atomic E-state index is 0.509. The maximum absolute atomic E-state index is 5.48. The number of fused-ring (bicyclic) bond motifs is 3. The molecular weight excluding hydrogens is 370 g/mol. The van der Waals surface area contributed by atoms with Crippen LogP contribution in [0.25, 0.3) is 21.9 Å². The van der Waals surface area contributed by atoms with Crippen molar-refractivity contribution in [2.24, 2.45) is 5.10 Å². The number of nitrogens with one attached hydrogen (secondary N) is 2. The second kappa shape index (κ2) is 7.67. The van der Waals surface area contributed by atoms with E-state index in [0.29, 0.717) is 23.1 Å². The minimum atomic E-state index is 0.509. The summed E-state index contributed by atoms with van der Waals surface area (Å²) in [6.07, 6.45) is 3.16. The molecule has 0 saturated carbocycles. The molecule has 2 N–H and O–H groups in total. The second-order valence-electron chi connectivity index (χ2n) is 6.41. The summed E-state index contributed by atoms with van der Waals surface area (Å²) in [5.74, 6) is 2.21.